The third-order valence-corrected chi connectivity index (χ3v) is 5.20. The van der Waals surface area contributed by atoms with Gasteiger partial charge in [0.2, 0.25) is 5.91 Å². The average molecular weight is 489 g/mol. The molecular weight excluding hydrogens is 453 g/mol. The molecule has 1 saturated heterocycles. The summed E-state index contributed by atoms with van der Waals surface area (Å²) in [7, 11) is 3.96. The van der Waals surface area contributed by atoms with Crippen LogP contribution in [0.4, 0.5) is 18.9 Å². The number of nitrogens with zero attached hydrogens (tertiary/aromatic N) is 3. The predicted octanol–water partition coefficient (Wildman–Crippen LogP) is 2.70. The number of hydrogen-bond donors (Lipinski definition) is 2. The summed E-state index contributed by atoms with van der Waals surface area (Å²) in [5, 5.41) is 10.4. The summed E-state index contributed by atoms with van der Waals surface area (Å²) in [6.07, 6.45) is -3.76. The quantitative estimate of drug-likeness (QED) is 0.585. The van der Waals surface area contributed by atoms with Crippen LogP contribution in [0.25, 0.3) is 0 Å². The number of carboxylic acid groups (broad SMARTS) is 1. The molecule has 0 saturated carbocycles. The van der Waals surface area contributed by atoms with E-state index < -0.39 is 12.1 Å². The number of carbonyl (C=O) groups is 3. The monoisotopic (exact) mass is 488 g/mol. The summed E-state index contributed by atoms with van der Waals surface area (Å²) >= 11 is 0. The van der Waals surface area contributed by atoms with Crippen LogP contribution in [0.5, 0.6) is 0 Å². The first-order valence-electron chi connectivity index (χ1n) is 11.2. The highest BCUT2D eigenvalue weighted by atomic mass is 19.4. The largest absolute Gasteiger partial charge is 0.490 e. The molecule has 0 spiro atoms. The zero-order chi connectivity index (χ0) is 25.9. The first kappa shape index (κ1) is 29.2. The van der Waals surface area contributed by atoms with Gasteiger partial charge in [0.1, 0.15) is 0 Å². The van der Waals surface area contributed by atoms with Crippen molar-refractivity contribution in [2.24, 2.45) is 5.92 Å². The number of amides is 2. The summed E-state index contributed by atoms with van der Waals surface area (Å²) in [6.45, 7) is 8.67. The van der Waals surface area contributed by atoms with Gasteiger partial charge in [0.25, 0.3) is 5.91 Å². The maximum Gasteiger partial charge on any atom is 0.490 e. The molecular formula is C23H35F3N4O4. The molecule has 1 heterocycles. The third-order valence-electron chi connectivity index (χ3n) is 5.20. The summed E-state index contributed by atoms with van der Waals surface area (Å²) in [6, 6.07) is 7.66. The van der Waals surface area contributed by atoms with Gasteiger partial charge in [-0.25, -0.2) is 4.79 Å². The lowest BCUT2D eigenvalue weighted by molar-refractivity contribution is -0.192. The number of alkyl halides is 3. The van der Waals surface area contributed by atoms with Crippen LogP contribution in [0.2, 0.25) is 0 Å². The van der Waals surface area contributed by atoms with Crippen molar-refractivity contribution in [3.63, 3.8) is 0 Å². The fraction of sp³-hybridized carbons (Fsp3) is 0.609. The van der Waals surface area contributed by atoms with E-state index in [9.17, 15) is 22.8 Å². The summed E-state index contributed by atoms with van der Waals surface area (Å²) in [4.78, 5) is 40.1. The Bertz CT molecular complexity index is 792. The van der Waals surface area contributed by atoms with Gasteiger partial charge in [-0.3, -0.25) is 9.59 Å². The molecule has 2 N–H and O–H groups in total. The number of rotatable bonds is 8. The average Bonchev–Trinajstić information content (AvgIpc) is 2.78. The molecule has 2 amide bonds. The van der Waals surface area contributed by atoms with E-state index in [-0.39, 0.29) is 11.8 Å². The van der Waals surface area contributed by atoms with Crippen molar-refractivity contribution in [2.75, 3.05) is 58.3 Å². The number of piperazine rings is 1. The Balaban J connectivity index is 0.000000718. The van der Waals surface area contributed by atoms with Gasteiger partial charge in [-0.2, -0.15) is 13.2 Å². The molecule has 0 unspecified atom stereocenters. The molecule has 34 heavy (non-hydrogen) atoms. The van der Waals surface area contributed by atoms with Gasteiger partial charge >= 0.3 is 12.1 Å². The molecule has 1 aliphatic heterocycles. The maximum atomic E-state index is 13.0. The van der Waals surface area contributed by atoms with Crippen molar-refractivity contribution in [3.05, 3.63) is 29.8 Å². The van der Waals surface area contributed by atoms with E-state index in [2.05, 4.69) is 19.2 Å². The minimum Gasteiger partial charge on any atom is -0.475 e. The van der Waals surface area contributed by atoms with E-state index in [0.29, 0.717) is 31.0 Å². The Morgan fingerprint density at radius 3 is 2.03 bits per heavy atom. The van der Waals surface area contributed by atoms with Crippen molar-refractivity contribution in [1.29, 1.82) is 0 Å². The highest BCUT2D eigenvalue weighted by Crippen LogP contribution is 2.15. The molecule has 0 bridgehead atoms. The normalized spacial score (nSPS) is 13.7. The Hall–Kier alpha value is -2.82. The van der Waals surface area contributed by atoms with Crippen molar-refractivity contribution < 1.29 is 32.7 Å². The van der Waals surface area contributed by atoms with Crippen LogP contribution in [-0.4, -0.2) is 92.2 Å². The Morgan fingerprint density at radius 2 is 1.59 bits per heavy atom. The van der Waals surface area contributed by atoms with Crippen LogP contribution in [-0.2, 0) is 9.59 Å². The number of hydrogen-bond acceptors (Lipinski definition) is 5. The van der Waals surface area contributed by atoms with Crippen LogP contribution in [0, 0.1) is 5.92 Å². The summed E-state index contributed by atoms with van der Waals surface area (Å²) < 4.78 is 31.7. The molecule has 0 aromatic heterocycles. The Morgan fingerprint density at radius 1 is 1.06 bits per heavy atom. The van der Waals surface area contributed by atoms with Crippen LogP contribution in [0.1, 0.15) is 37.0 Å². The second-order valence-corrected chi connectivity index (χ2v) is 8.60. The van der Waals surface area contributed by atoms with Crippen molar-refractivity contribution in [2.45, 2.75) is 32.9 Å². The number of aliphatic carboxylic acids is 1. The zero-order valence-corrected chi connectivity index (χ0v) is 20.2. The van der Waals surface area contributed by atoms with Crippen LogP contribution in [0.15, 0.2) is 24.3 Å². The number of nitrogens with one attached hydrogen (secondary N) is 1. The van der Waals surface area contributed by atoms with Gasteiger partial charge < -0.3 is 25.1 Å². The minimum atomic E-state index is -5.08. The topological polar surface area (TPSA) is 93.2 Å². The smallest absolute Gasteiger partial charge is 0.475 e. The van der Waals surface area contributed by atoms with Crippen molar-refractivity contribution in [1.82, 2.24) is 15.1 Å². The third kappa shape index (κ3) is 10.4. The lowest BCUT2D eigenvalue weighted by atomic mass is 10.1. The number of halogens is 3. The maximum absolute atomic E-state index is 13.0. The zero-order valence-electron chi connectivity index (χ0n) is 20.2. The van der Waals surface area contributed by atoms with Crippen molar-refractivity contribution in [3.8, 4) is 0 Å². The first-order chi connectivity index (χ1) is 15.8. The molecule has 192 valence electrons. The second kappa shape index (κ2) is 13.8. The van der Waals surface area contributed by atoms with E-state index >= 15 is 0 Å². The molecule has 0 radical (unpaired) electrons. The number of benzene rings is 1. The molecule has 11 heteroatoms. The number of anilines is 1. The fourth-order valence-corrected chi connectivity index (χ4v) is 3.12. The fourth-order valence-electron chi connectivity index (χ4n) is 3.12. The van der Waals surface area contributed by atoms with Gasteiger partial charge in [0, 0.05) is 71.0 Å². The standard InChI is InChI=1S/C21H34N4O2.C2HF3O2/c1-17(2)9-13-25(14-10-20(26)24-15-11-22-12-16-24)21(27)18-5-7-19(8-6-18)23(3)4;3-2(4,5)1(6)7/h5-8,17,22H,9-16H2,1-4H3;(H,6,7). The SMILES string of the molecule is CC(C)CCN(CCC(=O)N1CCNCC1)C(=O)c1ccc(N(C)C)cc1.O=C(O)C(F)(F)F. The van der Waals surface area contributed by atoms with Gasteiger partial charge in [-0.05, 0) is 36.6 Å². The summed E-state index contributed by atoms with van der Waals surface area (Å²) in [5.74, 6) is -2.09. The van der Waals surface area contributed by atoms with Crippen LogP contribution in [0.3, 0.4) is 0 Å². The molecule has 1 fully saturated rings. The lowest BCUT2D eigenvalue weighted by Gasteiger charge is -2.29. The Kier molecular flexibility index (Phi) is 11.8. The highest BCUT2D eigenvalue weighted by Gasteiger charge is 2.38. The van der Waals surface area contributed by atoms with E-state index in [4.69, 9.17) is 9.90 Å². The Labute approximate surface area is 198 Å². The summed E-state index contributed by atoms with van der Waals surface area (Å²) in [5.41, 5.74) is 1.74. The molecule has 1 aromatic carbocycles. The molecule has 0 atom stereocenters. The van der Waals surface area contributed by atoms with Crippen molar-refractivity contribution >= 4 is 23.5 Å². The van der Waals surface area contributed by atoms with E-state index in [1.807, 2.05) is 53.1 Å². The molecule has 0 aliphatic carbocycles. The molecule has 1 aromatic rings. The predicted molar refractivity (Wildman–Crippen MR) is 124 cm³/mol. The van der Waals surface area contributed by atoms with Gasteiger partial charge in [0.05, 0.1) is 0 Å². The molecule has 8 nitrogen and oxygen atoms in total. The lowest BCUT2D eigenvalue weighted by Crippen LogP contribution is -2.47. The van der Waals surface area contributed by atoms with Crippen LogP contribution >= 0.6 is 0 Å². The van der Waals surface area contributed by atoms with Crippen LogP contribution < -0.4 is 10.2 Å². The first-order valence-corrected chi connectivity index (χ1v) is 11.2. The molecule has 2 rings (SSSR count). The minimum absolute atomic E-state index is 0.00840. The highest BCUT2D eigenvalue weighted by molar-refractivity contribution is 5.94. The molecule has 1 aliphatic rings. The van der Waals surface area contributed by atoms with E-state index in [1.165, 1.54) is 0 Å². The number of carboxylic acids is 1. The van der Waals surface area contributed by atoms with Gasteiger partial charge in [-0.15, -0.1) is 0 Å². The van der Waals surface area contributed by atoms with Gasteiger partial charge in [-0.1, -0.05) is 13.8 Å². The second-order valence-electron chi connectivity index (χ2n) is 8.60. The van der Waals surface area contributed by atoms with E-state index in [0.717, 1.165) is 38.3 Å². The number of carbonyl (C=O) groups excluding carboxylic acids is 2. The van der Waals surface area contributed by atoms with Gasteiger partial charge in [0.15, 0.2) is 0 Å². The van der Waals surface area contributed by atoms with E-state index in [1.54, 1.807) is 0 Å².